The molecule has 1 atom stereocenters. The first kappa shape index (κ1) is 19.2. The molecule has 0 aromatic heterocycles. The van der Waals surface area contributed by atoms with Crippen LogP contribution in [-0.4, -0.2) is 22.3 Å². The number of carboxylic acid groups (broad SMARTS) is 1. The fourth-order valence-corrected chi connectivity index (χ4v) is 2.25. The first-order valence-electron chi connectivity index (χ1n) is 8.21. The molecule has 0 bridgehead atoms. The van der Waals surface area contributed by atoms with Crippen molar-refractivity contribution in [3.63, 3.8) is 0 Å². The zero-order valence-electron chi connectivity index (χ0n) is 13.0. The number of allylic oxidation sites excluding steroid dienone is 2. The molecule has 2 N–H and O–H groups in total. The minimum absolute atomic E-state index is 0.0919. The average molecular weight is 284 g/mol. The van der Waals surface area contributed by atoms with Crippen LogP contribution in [0.5, 0.6) is 0 Å². The second kappa shape index (κ2) is 14.6. The number of rotatable bonds is 14. The third kappa shape index (κ3) is 15.2. The van der Waals surface area contributed by atoms with E-state index in [-0.39, 0.29) is 12.5 Å². The van der Waals surface area contributed by atoms with Crippen molar-refractivity contribution in [2.75, 3.05) is 0 Å². The van der Waals surface area contributed by atoms with E-state index in [2.05, 4.69) is 19.1 Å². The lowest BCUT2D eigenvalue weighted by Gasteiger charge is -2.07. The van der Waals surface area contributed by atoms with Crippen LogP contribution in [0.25, 0.3) is 0 Å². The van der Waals surface area contributed by atoms with Gasteiger partial charge in [-0.25, -0.2) is 0 Å². The van der Waals surface area contributed by atoms with Crippen LogP contribution in [0.1, 0.15) is 84.0 Å². The van der Waals surface area contributed by atoms with Crippen LogP contribution in [0.4, 0.5) is 0 Å². The van der Waals surface area contributed by atoms with Crippen molar-refractivity contribution in [1.29, 1.82) is 0 Å². The smallest absolute Gasteiger partial charge is 0.303 e. The summed E-state index contributed by atoms with van der Waals surface area (Å²) in [6, 6.07) is 0. The highest BCUT2D eigenvalue weighted by atomic mass is 16.4. The number of carbonyl (C=O) groups is 1. The number of hydrogen-bond acceptors (Lipinski definition) is 2. The monoisotopic (exact) mass is 284 g/mol. The van der Waals surface area contributed by atoms with Gasteiger partial charge in [0.25, 0.3) is 0 Å². The predicted molar refractivity (Wildman–Crippen MR) is 83.9 cm³/mol. The van der Waals surface area contributed by atoms with Gasteiger partial charge in [-0.3, -0.25) is 4.79 Å². The fourth-order valence-electron chi connectivity index (χ4n) is 2.25. The van der Waals surface area contributed by atoms with Crippen LogP contribution in [0, 0.1) is 0 Å². The van der Waals surface area contributed by atoms with Crippen molar-refractivity contribution >= 4 is 5.97 Å². The molecule has 0 fully saturated rings. The molecule has 0 aliphatic carbocycles. The Morgan fingerprint density at radius 1 is 0.950 bits per heavy atom. The molecular formula is C17H32O3. The fraction of sp³-hybridized carbons (Fsp3) is 0.824. The summed E-state index contributed by atoms with van der Waals surface area (Å²) < 4.78 is 0. The van der Waals surface area contributed by atoms with Crippen LogP contribution in [0.3, 0.4) is 0 Å². The minimum Gasteiger partial charge on any atom is -0.481 e. The molecule has 0 radical (unpaired) electrons. The van der Waals surface area contributed by atoms with Crippen molar-refractivity contribution < 1.29 is 15.0 Å². The van der Waals surface area contributed by atoms with Gasteiger partial charge in [-0.15, -0.1) is 0 Å². The van der Waals surface area contributed by atoms with E-state index in [4.69, 9.17) is 5.11 Å². The summed E-state index contributed by atoms with van der Waals surface area (Å²) in [5.41, 5.74) is 0. The van der Waals surface area contributed by atoms with Gasteiger partial charge in [0.1, 0.15) is 0 Å². The maximum Gasteiger partial charge on any atom is 0.303 e. The SMILES string of the molecule is CCCC(O)CCCCCC/C=C\CCCCC(=O)O. The lowest BCUT2D eigenvalue weighted by molar-refractivity contribution is -0.137. The molecule has 0 heterocycles. The minimum atomic E-state index is -0.696. The molecule has 0 rings (SSSR count). The van der Waals surface area contributed by atoms with Crippen molar-refractivity contribution in [3.8, 4) is 0 Å². The van der Waals surface area contributed by atoms with Crippen LogP contribution >= 0.6 is 0 Å². The molecular weight excluding hydrogens is 252 g/mol. The Balaban J connectivity index is 3.17. The number of carboxylic acids is 1. The lowest BCUT2D eigenvalue weighted by Crippen LogP contribution is -2.04. The van der Waals surface area contributed by atoms with E-state index in [0.717, 1.165) is 51.4 Å². The highest BCUT2D eigenvalue weighted by Crippen LogP contribution is 2.11. The zero-order chi connectivity index (χ0) is 15.1. The number of hydrogen-bond donors (Lipinski definition) is 2. The van der Waals surface area contributed by atoms with Crippen molar-refractivity contribution in [2.24, 2.45) is 0 Å². The van der Waals surface area contributed by atoms with E-state index in [0.29, 0.717) is 0 Å². The van der Waals surface area contributed by atoms with Gasteiger partial charge in [0.15, 0.2) is 0 Å². The Morgan fingerprint density at radius 3 is 2.15 bits per heavy atom. The summed E-state index contributed by atoms with van der Waals surface area (Å²) in [6.07, 6.45) is 16.2. The first-order valence-corrected chi connectivity index (χ1v) is 8.21. The van der Waals surface area contributed by atoms with Gasteiger partial charge in [0, 0.05) is 6.42 Å². The summed E-state index contributed by atoms with van der Waals surface area (Å²) in [4.78, 5) is 10.3. The van der Waals surface area contributed by atoms with E-state index in [1.54, 1.807) is 0 Å². The van der Waals surface area contributed by atoms with Crippen molar-refractivity contribution in [3.05, 3.63) is 12.2 Å². The third-order valence-corrected chi connectivity index (χ3v) is 3.46. The van der Waals surface area contributed by atoms with E-state index in [9.17, 15) is 9.90 Å². The average Bonchev–Trinajstić information content (AvgIpc) is 2.40. The molecule has 118 valence electrons. The molecule has 0 aliphatic heterocycles. The van der Waals surface area contributed by atoms with Gasteiger partial charge in [-0.2, -0.15) is 0 Å². The number of aliphatic carboxylic acids is 1. The Labute approximate surface area is 124 Å². The second-order valence-electron chi connectivity index (χ2n) is 5.54. The molecule has 20 heavy (non-hydrogen) atoms. The number of aliphatic hydroxyl groups excluding tert-OH is 1. The van der Waals surface area contributed by atoms with Crippen molar-refractivity contribution in [1.82, 2.24) is 0 Å². The molecule has 3 heteroatoms. The van der Waals surface area contributed by atoms with Gasteiger partial charge < -0.3 is 10.2 Å². The van der Waals surface area contributed by atoms with Gasteiger partial charge in [0.2, 0.25) is 0 Å². The maximum absolute atomic E-state index is 10.3. The number of aliphatic hydroxyl groups is 1. The Bertz CT molecular complexity index is 249. The highest BCUT2D eigenvalue weighted by molar-refractivity contribution is 5.66. The summed E-state index contributed by atoms with van der Waals surface area (Å²) in [5.74, 6) is -0.696. The summed E-state index contributed by atoms with van der Waals surface area (Å²) in [5, 5.41) is 18.1. The van der Waals surface area contributed by atoms with Crippen LogP contribution in [0.2, 0.25) is 0 Å². The summed E-state index contributed by atoms with van der Waals surface area (Å²) >= 11 is 0. The largest absolute Gasteiger partial charge is 0.481 e. The van der Waals surface area contributed by atoms with E-state index in [1.165, 1.54) is 19.3 Å². The van der Waals surface area contributed by atoms with E-state index < -0.39 is 5.97 Å². The van der Waals surface area contributed by atoms with Gasteiger partial charge in [-0.1, -0.05) is 44.8 Å². The molecule has 0 saturated heterocycles. The van der Waals surface area contributed by atoms with E-state index in [1.807, 2.05) is 0 Å². The molecule has 0 saturated carbocycles. The summed E-state index contributed by atoms with van der Waals surface area (Å²) in [6.45, 7) is 2.11. The Kier molecular flexibility index (Phi) is 14.0. The molecule has 0 aromatic carbocycles. The highest BCUT2D eigenvalue weighted by Gasteiger charge is 2.01. The molecule has 1 unspecified atom stereocenters. The Morgan fingerprint density at radius 2 is 1.55 bits per heavy atom. The van der Waals surface area contributed by atoms with Crippen LogP contribution < -0.4 is 0 Å². The third-order valence-electron chi connectivity index (χ3n) is 3.46. The normalized spacial score (nSPS) is 12.9. The molecule has 0 aliphatic rings. The first-order chi connectivity index (χ1) is 9.66. The topological polar surface area (TPSA) is 57.5 Å². The van der Waals surface area contributed by atoms with Crippen LogP contribution in [-0.2, 0) is 4.79 Å². The van der Waals surface area contributed by atoms with Crippen molar-refractivity contribution in [2.45, 2.75) is 90.1 Å². The zero-order valence-corrected chi connectivity index (χ0v) is 13.0. The van der Waals surface area contributed by atoms with Gasteiger partial charge >= 0.3 is 5.97 Å². The van der Waals surface area contributed by atoms with Crippen LogP contribution in [0.15, 0.2) is 12.2 Å². The lowest BCUT2D eigenvalue weighted by atomic mass is 10.0. The molecule has 0 amide bonds. The number of unbranched alkanes of at least 4 members (excludes halogenated alkanes) is 6. The maximum atomic E-state index is 10.3. The second-order valence-corrected chi connectivity index (χ2v) is 5.54. The van der Waals surface area contributed by atoms with Gasteiger partial charge in [0.05, 0.1) is 6.10 Å². The summed E-state index contributed by atoms with van der Waals surface area (Å²) in [7, 11) is 0. The molecule has 3 nitrogen and oxygen atoms in total. The molecule has 0 spiro atoms. The van der Waals surface area contributed by atoms with E-state index >= 15 is 0 Å². The van der Waals surface area contributed by atoms with Gasteiger partial charge in [-0.05, 0) is 44.9 Å². The molecule has 0 aromatic rings. The Hall–Kier alpha value is -0.830. The predicted octanol–water partition coefficient (Wildman–Crippen LogP) is 4.69. The standard InChI is InChI=1S/C17H32O3/c1-2-13-16(18)14-11-9-7-5-3-4-6-8-10-12-15-17(19)20/h4,6,16,18H,2-3,5,7-15H2,1H3,(H,19,20)/b6-4-. The quantitative estimate of drug-likeness (QED) is 0.359.